The number of rotatable bonds is 9. The van der Waals surface area contributed by atoms with E-state index in [4.69, 9.17) is 4.74 Å². The summed E-state index contributed by atoms with van der Waals surface area (Å²) in [5.74, 6) is -1.04. The van der Waals surface area contributed by atoms with E-state index in [2.05, 4.69) is 11.9 Å². The maximum Gasteiger partial charge on any atom is 0.244 e. The number of ketones is 1. The number of carbonyl (C=O) groups excluding carboxylic acids is 3. The van der Waals surface area contributed by atoms with E-state index in [9.17, 15) is 14.4 Å². The monoisotopic (exact) mass is 241 g/mol. The van der Waals surface area contributed by atoms with Gasteiger partial charge in [0.15, 0.2) is 17.6 Å². The third-order valence-electron chi connectivity index (χ3n) is 2.33. The first kappa shape index (κ1) is 15.5. The van der Waals surface area contributed by atoms with Gasteiger partial charge in [0.2, 0.25) is 5.91 Å². The number of nitrogens with one attached hydrogen (secondary N) is 1. The van der Waals surface area contributed by atoms with Crippen LogP contribution in [-0.4, -0.2) is 36.7 Å². The van der Waals surface area contributed by atoms with Crippen LogP contribution >= 0.6 is 0 Å². The molecule has 0 spiro atoms. The minimum atomic E-state index is -1.60. The zero-order valence-electron chi connectivity index (χ0n) is 10.3. The molecular weight excluding hydrogens is 222 g/mol. The Morgan fingerprint density at radius 2 is 2.12 bits per heavy atom. The molecule has 0 unspecified atom stereocenters. The van der Waals surface area contributed by atoms with Gasteiger partial charge in [-0.3, -0.25) is 9.59 Å². The Morgan fingerprint density at radius 1 is 1.47 bits per heavy atom. The lowest BCUT2D eigenvalue weighted by Gasteiger charge is -2.25. The highest BCUT2D eigenvalue weighted by molar-refractivity contribution is 6.06. The zero-order chi connectivity index (χ0) is 13.3. The summed E-state index contributed by atoms with van der Waals surface area (Å²) < 4.78 is 5.24. The number of aldehydes is 1. The molecule has 1 atom stereocenters. The minimum Gasteiger partial charge on any atom is -0.378 e. The van der Waals surface area contributed by atoms with Crippen LogP contribution in [0.3, 0.4) is 0 Å². The molecule has 5 heteroatoms. The molecule has 1 N–H and O–H groups in total. The van der Waals surface area contributed by atoms with Crippen molar-refractivity contribution in [1.29, 1.82) is 0 Å². The van der Waals surface area contributed by atoms with Crippen molar-refractivity contribution in [2.24, 2.45) is 0 Å². The molecule has 0 aromatic heterocycles. The molecule has 0 aliphatic carbocycles. The minimum absolute atomic E-state index is 0.147. The predicted octanol–water partition coefficient (Wildman–Crippen LogP) is 0.632. The van der Waals surface area contributed by atoms with Gasteiger partial charge >= 0.3 is 0 Å². The Kier molecular flexibility index (Phi) is 7.05. The Bertz CT molecular complexity index is 301. The van der Waals surface area contributed by atoms with E-state index in [1.54, 1.807) is 0 Å². The van der Waals surface area contributed by atoms with Gasteiger partial charge in [-0.25, -0.2) is 0 Å². The van der Waals surface area contributed by atoms with E-state index in [0.29, 0.717) is 12.9 Å². The highest BCUT2D eigenvalue weighted by Crippen LogP contribution is 2.05. The van der Waals surface area contributed by atoms with Crippen LogP contribution in [0.4, 0.5) is 0 Å². The zero-order valence-corrected chi connectivity index (χ0v) is 10.3. The van der Waals surface area contributed by atoms with Gasteiger partial charge in [0.1, 0.15) is 0 Å². The molecule has 0 aliphatic rings. The summed E-state index contributed by atoms with van der Waals surface area (Å²) in [5.41, 5.74) is -1.60. The van der Waals surface area contributed by atoms with E-state index >= 15 is 0 Å². The van der Waals surface area contributed by atoms with Gasteiger partial charge in [-0.2, -0.15) is 0 Å². The van der Waals surface area contributed by atoms with Crippen LogP contribution in [-0.2, 0) is 19.1 Å². The molecule has 0 aromatic carbocycles. The van der Waals surface area contributed by atoms with Gasteiger partial charge < -0.3 is 14.8 Å². The van der Waals surface area contributed by atoms with Gasteiger partial charge in [0.25, 0.3) is 0 Å². The predicted molar refractivity (Wildman–Crippen MR) is 63.5 cm³/mol. The van der Waals surface area contributed by atoms with Gasteiger partial charge in [0, 0.05) is 6.61 Å². The standard InChI is InChI=1S/C12H19NO4/c1-4-6-7-17-9-12(8-14,10(3)15)13-11(16)5-2/h5,8H,2,4,6-7,9H2,1,3H3,(H,13,16)/t12-/m1/s1. The molecule has 1 amide bonds. The number of carbonyl (C=O) groups is 3. The fourth-order valence-electron chi connectivity index (χ4n) is 1.12. The van der Waals surface area contributed by atoms with Crippen LogP contribution < -0.4 is 5.32 Å². The van der Waals surface area contributed by atoms with Crippen molar-refractivity contribution in [2.75, 3.05) is 13.2 Å². The van der Waals surface area contributed by atoms with Gasteiger partial charge in [-0.15, -0.1) is 0 Å². The van der Waals surface area contributed by atoms with Crippen molar-refractivity contribution < 1.29 is 19.1 Å². The number of amides is 1. The van der Waals surface area contributed by atoms with E-state index < -0.39 is 17.2 Å². The van der Waals surface area contributed by atoms with Gasteiger partial charge in [-0.1, -0.05) is 19.9 Å². The van der Waals surface area contributed by atoms with Crippen LogP contribution in [0.25, 0.3) is 0 Å². The van der Waals surface area contributed by atoms with Gasteiger partial charge in [-0.05, 0) is 19.4 Å². The summed E-state index contributed by atoms with van der Waals surface area (Å²) in [5, 5.41) is 2.31. The smallest absolute Gasteiger partial charge is 0.244 e. The van der Waals surface area contributed by atoms with Crippen molar-refractivity contribution in [3.63, 3.8) is 0 Å². The van der Waals surface area contributed by atoms with E-state index in [1.807, 2.05) is 6.92 Å². The van der Waals surface area contributed by atoms with Crippen LogP contribution in [0.5, 0.6) is 0 Å². The molecule has 5 nitrogen and oxygen atoms in total. The topological polar surface area (TPSA) is 72.5 Å². The third kappa shape index (κ3) is 4.91. The van der Waals surface area contributed by atoms with Crippen molar-refractivity contribution in [1.82, 2.24) is 5.32 Å². The fraction of sp³-hybridized carbons (Fsp3) is 0.583. The van der Waals surface area contributed by atoms with Crippen LogP contribution in [0, 0.1) is 0 Å². The molecule has 0 aliphatic heterocycles. The largest absolute Gasteiger partial charge is 0.378 e. The second-order valence-electron chi connectivity index (χ2n) is 3.74. The molecular formula is C12H19NO4. The SMILES string of the molecule is C=CC(=O)N[C@](C=O)(COCCCC)C(C)=O. The number of Topliss-reactive ketones (excluding diaryl/α,β-unsaturated/α-hetero) is 1. The molecule has 0 fully saturated rings. The van der Waals surface area contributed by atoms with E-state index in [1.165, 1.54) is 6.92 Å². The molecule has 0 saturated heterocycles. The second kappa shape index (κ2) is 7.73. The highest BCUT2D eigenvalue weighted by atomic mass is 16.5. The second-order valence-corrected chi connectivity index (χ2v) is 3.74. The fourth-order valence-corrected chi connectivity index (χ4v) is 1.12. The molecule has 0 saturated carbocycles. The summed E-state index contributed by atoms with van der Waals surface area (Å²) >= 11 is 0. The van der Waals surface area contributed by atoms with Crippen molar-refractivity contribution in [3.8, 4) is 0 Å². The van der Waals surface area contributed by atoms with Gasteiger partial charge in [0.05, 0.1) is 6.61 Å². The molecule has 0 bridgehead atoms. The first-order valence-corrected chi connectivity index (χ1v) is 5.52. The maximum absolute atomic E-state index is 11.5. The van der Waals surface area contributed by atoms with Crippen LogP contribution in [0.1, 0.15) is 26.7 Å². The number of ether oxygens (including phenoxy) is 1. The average molecular weight is 241 g/mol. The van der Waals surface area contributed by atoms with E-state index in [-0.39, 0.29) is 6.61 Å². The Labute approximate surface area is 101 Å². The summed E-state index contributed by atoms with van der Waals surface area (Å²) in [7, 11) is 0. The third-order valence-corrected chi connectivity index (χ3v) is 2.33. The van der Waals surface area contributed by atoms with Crippen molar-refractivity contribution in [2.45, 2.75) is 32.2 Å². The number of hydrogen-bond acceptors (Lipinski definition) is 4. The highest BCUT2D eigenvalue weighted by Gasteiger charge is 2.36. The number of unbranched alkanes of at least 4 members (excludes halogenated alkanes) is 1. The first-order valence-electron chi connectivity index (χ1n) is 5.52. The molecule has 96 valence electrons. The summed E-state index contributed by atoms with van der Waals surface area (Å²) in [6.07, 6.45) is 3.20. The average Bonchev–Trinajstić information content (AvgIpc) is 2.32. The molecule has 17 heavy (non-hydrogen) atoms. The Balaban J connectivity index is 4.59. The molecule has 0 radical (unpaired) electrons. The lowest BCUT2D eigenvalue weighted by Crippen LogP contribution is -2.58. The lowest BCUT2D eigenvalue weighted by molar-refractivity contribution is -0.136. The maximum atomic E-state index is 11.5. The molecule has 0 aromatic rings. The van der Waals surface area contributed by atoms with Crippen molar-refractivity contribution >= 4 is 18.0 Å². The summed E-state index contributed by atoms with van der Waals surface area (Å²) in [6.45, 7) is 6.81. The normalized spacial score (nSPS) is 13.5. The number of hydrogen-bond donors (Lipinski definition) is 1. The van der Waals surface area contributed by atoms with Crippen LogP contribution in [0.15, 0.2) is 12.7 Å². The van der Waals surface area contributed by atoms with E-state index in [0.717, 1.165) is 18.9 Å². The summed E-state index contributed by atoms with van der Waals surface area (Å²) in [6, 6.07) is 0. The Morgan fingerprint density at radius 3 is 2.53 bits per heavy atom. The quantitative estimate of drug-likeness (QED) is 0.278. The van der Waals surface area contributed by atoms with Crippen LogP contribution in [0.2, 0.25) is 0 Å². The lowest BCUT2D eigenvalue weighted by atomic mass is 9.97. The Hall–Kier alpha value is -1.49. The molecule has 0 rings (SSSR count). The molecule has 0 heterocycles. The van der Waals surface area contributed by atoms with Crippen molar-refractivity contribution in [3.05, 3.63) is 12.7 Å². The summed E-state index contributed by atoms with van der Waals surface area (Å²) in [4.78, 5) is 33.7. The first-order chi connectivity index (χ1) is 8.02.